The number of amides is 2. The van der Waals surface area contributed by atoms with Crippen LogP contribution in [0.1, 0.15) is 35.2 Å². The first-order valence-electron chi connectivity index (χ1n) is 6.96. The Balaban J connectivity index is 1.92. The number of esters is 1. The van der Waals surface area contributed by atoms with Gasteiger partial charge in [0, 0.05) is 13.7 Å². The SMILES string of the molecule is CO[C@H]1CCC[C@@H]1OC(=O)c1ccc(CNC(N)=O)cc1. The molecule has 0 bridgehead atoms. The largest absolute Gasteiger partial charge is 0.456 e. The number of nitrogens with two attached hydrogens (primary N) is 1. The maximum absolute atomic E-state index is 12.1. The highest BCUT2D eigenvalue weighted by Crippen LogP contribution is 2.25. The molecular formula is C15H20N2O4. The van der Waals surface area contributed by atoms with E-state index < -0.39 is 6.03 Å². The monoisotopic (exact) mass is 292 g/mol. The molecule has 2 atom stereocenters. The molecule has 1 saturated carbocycles. The first kappa shape index (κ1) is 15.3. The number of rotatable bonds is 5. The van der Waals surface area contributed by atoms with Crippen LogP contribution in [0.2, 0.25) is 0 Å². The summed E-state index contributed by atoms with van der Waals surface area (Å²) in [5.41, 5.74) is 6.35. The van der Waals surface area contributed by atoms with Crippen LogP contribution in [-0.4, -0.2) is 31.3 Å². The van der Waals surface area contributed by atoms with E-state index in [1.54, 1.807) is 31.4 Å². The molecule has 0 spiro atoms. The van der Waals surface area contributed by atoms with Gasteiger partial charge in [-0.1, -0.05) is 12.1 Å². The summed E-state index contributed by atoms with van der Waals surface area (Å²) in [7, 11) is 1.64. The molecule has 0 unspecified atom stereocenters. The van der Waals surface area contributed by atoms with Crippen LogP contribution in [-0.2, 0) is 16.0 Å². The molecule has 2 rings (SSSR count). The number of urea groups is 1. The molecule has 1 aromatic rings. The lowest BCUT2D eigenvalue weighted by molar-refractivity contribution is -0.0206. The van der Waals surface area contributed by atoms with Crippen molar-refractivity contribution in [3.05, 3.63) is 35.4 Å². The minimum atomic E-state index is -0.578. The van der Waals surface area contributed by atoms with Gasteiger partial charge in [-0.05, 0) is 37.0 Å². The molecule has 0 aromatic heterocycles. The summed E-state index contributed by atoms with van der Waals surface area (Å²) in [6.45, 7) is 0.332. The smallest absolute Gasteiger partial charge is 0.338 e. The number of carbonyl (C=O) groups excluding carboxylic acids is 2. The Labute approximate surface area is 123 Å². The van der Waals surface area contributed by atoms with Crippen molar-refractivity contribution in [2.24, 2.45) is 5.73 Å². The van der Waals surface area contributed by atoms with Crippen LogP contribution in [0.5, 0.6) is 0 Å². The van der Waals surface area contributed by atoms with E-state index in [-0.39, 0.29) is 18.2 Å². The van der Waals surface area contributed by atoms with Crippen LogP contribution in [0, 0.1) is 0 Å². The predicted molar refractivity (Wildman–Crippen MR) is 76.7 cm³/mol. The molecule has 0 saturated heterocycles. The lowest BCUT2D eigenvalue weighted by Gasteiger charge is -2.18. The molecule has 0 heterocycles. The number of primary amides is 1. The van der Waals surface area contributed by atoms with Gasteiger partial charge >= 0.3 is 12.0 Å². The van der Waals surface area contributed by atoms with Gasteiger partial charge in [0.1, 0.15) is 6.10 Å². The fraction of sp³-hybridized carbons (Fsp3) is 0.467. The molecule has 21 heavy (non-hydrogen) atoms. The van der Waals surface area contributed by atoms with Crippen molar-refractivity contribution < 1.29 is 19.1 Å². The molecule has 3 N–H and O–H groups in total. The third-order valence-electron chi connectivity index (χ3n) is 3.61. The minimum Gasteiger partial charge on any atom is -0.456 e. The summed E-state index contributed by atoms with van der Waals surface area (Å²) in [5.74, 6) is -0.349. The molecule has 6 nitrogen and oxygen atoms in total. The summed E-state index contributed by atoms with van der Waals surface area (Å²) in [6.07, 6.45) is 2.59. The first-order chi connectivity index (χ1) is 10.1. The van der Waals surface area contributed by atoms with E-state index in [4.69, 9.17) is 15.2 Å². The van der Waals surface area contributed by atoms with Gasteiger partial charge in [-0.3, -0.25) is 0 Å². The van der Waals surface area contributed by atoms with E-state index in [0.717, 1.165) is 24.8 Å². The molecule has 1 aliphatic rings. The van der Waals surface area contributed by atoms with Gasteiger partial charge in [-0.15, -0.1) is 0 Å². The van der Waals surface area contributed by atoms with Crippen molar-refractivity contribution in [2.75, 3.05) is 7.11 Å². The zero-order chi connectivity index (χ0) is 15.2. The van der Waals surface area contributed by atoms with E-state index >= 15 is 0 Å². The van der Waals surface area contributed by atoms with Crippen LogP contribution in [0.3, 0.4) is 0 Å². The fourth-order valence-corrected chi connectivity index (χ4v) is 2.45. The highest BCUT2D eigenvalue weighted by molar-refractivity contribution is 5.89. The van der Waals surface area contributed by atoms with Crippen LogP contribution in [0.15, 0.2) is 24.3 Å². The number of benzene rings is 1. The molecule has 1 aromatic carbocycles. The van der Waals surface area contributed by atoms with Gasteiger partial charge in [0.15, 0.2) is 0 Å². The quantitative estimate of drug-likeness (QED) is 0.806. The first-order valence-corrected chi connectivity index (χ1v) is 6.96. The van der Waals surface area contributed by atoms with Crippen molar-refractivity contribution in [1.29, 1.82) is 0 Å². The Bertz CT molecular complexity index is 501. The van der Waals surface area contributed by atoms with E-state index in [9.17, 15) is 9.59 Å². The summed E-state index contributed by atoms with van der Waals surface area (Å²) in [5, 5.41) is 2.49. The maximum atomic E-state index is 12.1. The number of nitrogens with one attached hydrogen (secondary N) is 1. The van der Waals surface area contributed by atoms with Crippen molar-refractivity contribution >= 4 is 12.0 Å². The van der Waals surface area contributed by atoms with E-state index in [1.165, 1.54) is 0 Å². The van der Waals surface area contributed by atoms with Crippen molar-refractivity contribution in [3.8, 4) is 0 Å². The van der Waals surface area contributed by atoms with Gasteiger partial charge in [0.05, 0.1) is 11.7 Å². The number of methoxy groups -OCH3 is 1. The molecule has 2 amide bonds. The number of ether oxygens (including phenoxy) is 2. The van der Waals surface area contributed by atoms with Gasteiger partial charge in [-0.2, -0.15) is 0 Å². The van der Waals surface area contributed by atoms with Gasteiger partial charge in [0.25, 0.3) is 0 Å². The van der Waals surface area contributed by atoms with Crippen molar-refractivity contribution in [3.63, 3.8) is 0 Å². The third kappa shape index (κ3) is 4.19. The molecule has 0 aliphatic heterocycles. The molecule has 114 valence electrons. The Kier molecular flexibility index (Phi) is 5.16. The number of hydrogen-bond donors (Lipinski definition) is 2. The predicted octanol–water partition coefficient (Wildman–Crippen LogP) is 1.58. The summed E-state index contributed by atoms with van der Waals surface area (Å²) >= 11 is 0. The summed E-state index contributed by atoms with van der Waals surface area (Å²) < 4.78 is 10.8. The second-order valence-corrected chi connectivity index (χ2v) is 5.06. The highest BCUT2D eigenvalue weighted by Gasteiger charge is 2.30. The van der Waals surface area contributed by atoms with Crippen LogP contribution in [0.4, 0.5) is 4.79 Å². The Morgan fingerprint density at radius 3 is 2.52 bits per heavy atom. The van der Waals surface area contributed by atoms with E-state index in [2.05, 4.69) is 5.32 Å². The number of carbonyl (C=O) groups is 2. The second-order valence-electron chi connectivity index (χ2n) is 5.06. The second kappa shape index (κ2) is 7.08. The number of hydrogen-bond acceptors (Lipinski definition) is 4. The fourth-order valence-electron chi connectivity index (χ4n) is 2.45. The topological polar surface area (TPSA) is 90.7 Å². The highest BCUT2D eigenvalue weighted by atomic mass is 16.6. The van der Waals surface area contributed by atoms with Crippen LogP contribution < -0.4 is 11.1 Å². The third-order valence-corrected chi connectivity index (χ3v) is 3.61. The minimum absolute atomic E-state index is 0.00649. The van der Waals surface area contributed by atoms with E-state index in [1.807, 2.05) is 0 Å². The average molecular weight is 292 g/mol. The van der Waals surface area contributed by atoms with Crippen LogP contribution >= 0.6 is 0 Å². The molecule has 1 fully saturated rings. The zero-order valence-corrected chi connectivity index (χ0v) is 12.0. The van der Waals surface area contributed by atoms with Crippen molar-refractivity contribution in [2.45, 2.75) is 38.0 Å². The van der Waals surface area contributed by atoms with Gasteiger partial charge in [-0.25, -0.2) is 9.59 Å². The van der Waals surface area contributed by atoms with Crippen LogP contribution in [0.25, 0.3) is 0 Å². The molecule has 6 heteroatoms. The average Bonchev–Trinajstić information content (AvgIpc) is 2.92. The molecular weight excluding hydrogens is 272 g/mol. The zero-order valence-electron chi connectivity index (χ0n) is 12.0. The normalized spacial score (nSPS) is 21.0. The van der Waals surface area contributed by atoms with Gasteiger partial charge in [0.2, 0.25) is 0 Å². The summed E-state index contributed by atoms with van der Waals surface area (Å²) in [4.78, 5) is 22.7. The molecule has 0 radical (unpaired) electrons. The summed E-state index contributed by atoms with van der Waals surface area (Å²) in [6, 6.07) is 6.29. The lowest BCUT2D eigenvalue weighted by Crippen LogP contribution is -2.28. The maximum Gasteiger partial charge on any atom is 0.338 e. The standard InChI is InChI=1S/C15H20N2O4/c1-20-12-3-2-4-13(12)21-14(18)11-7-5-10(6-8-11)9-17-15(16)19/h5-8,12-13H,2-4,9H2,1H3,(H3,16,17,19)/t12-,13-/m0/s1. The van der Waals surface area contributed by atoms with E-state index in [0.29, 0.717) is 12.1 Å². The molecule has 1 aliphatic carbocycles. The van der Waals surface area contributed by atoms with Crippen molar-refractivity contribution in [1.82, 2.24) is 5.32 Å². The Morgan fingerprint density at radius 1 is 1.24 bits per heavy atom. The Morgan fingerprint density at radius 2 is 1.90 bits per heavy atom. The lowest BCUT2D eigenvalue weighted by atomic mass is 10.1. The Hall–Kier alpha value is -2.08. The van der Waals surface area contributed by atoms with Gasteiger partial charge < -0.3 is 20.5 Å².